The highest BCUT2D eigenvalue weighted by Crippen LogP contribution is 2.50. The molecule has 9 heteroatoms. The highest BCUT2D eigenvalue weighted by molar-refractivity contribution is 6.22. The lowest BCUT2D eigenvalue weighted by atomic mass is 9.63. The summed E-state index contributed by atoms with van der Waals surface area (Å²) in [7, 11) is 0. The molecular weight excluding hydrogens is 436 g/mol. The lowest BCUT2D eigenvalue weighted by Gasteiger charge is -2.38. The van der Waals surface area contributed by atoms with E-state index in [2.05, 4.69) is 22.8 Å². The zero-order chi connectivity index (χ0) is 24.0. The lowest BCUT2D eigenvalue weighted by Crippen LogP contribution is -2.38. The van der Waals surface area contributed by atoms with Gasteiger partial charge in [0.05, 0.1) is 22.4 Å². The summed E-state index contributed by atoms with van der Waals surface area (Å²) in [5, 5.41) is 16.3. The van der Waals surface area contributed by atoms with Crippen LogP contribution in [-0.2, 0) is 16.1 Å². The van der Waals surface area contributed by atoms with Crippen molar-refractivity contribution in [1.29, 1.82) is 0 Å². The molecule has 9 nitrogen and oxygen atoms in total. The topological polar surface area (TPSA) is 122 Å². The molecule has 2 fully saturated rings. The van der Waals surface area contributed by atoms with E-state index < -0.39 is 11.0 Å². The van der Waals surface area contributed by atoms with Gasteiger partial charge in [-0.2, -0.15) is 0 Å². The van der Waals surface area contributed by atoms with Crippen LogP contribution in [0.25, 0.3) is 0 Å². The minimum atomic E-state index is -0.487. The molecule has 1 saturated heterocycles. The molecule has 0 spiro atoms. The average Bonchev–Trinajstić information content (AvgIpc) is 3.12. The SMILES string of the molecule is Cc1cc([N+](=O)[O-])ccc1NC(=O)NCc1ccc(N2C(=O)C3C4C=CC(CC4)C3C2=O)cc1. The van der Waals surface area contributed by atoms with Crippen LogP contribution >= 0.6 is 0 Å². The third-order valence-corrected chi connectivity index (χ3v) is 7.08. The summed E-state index contributed by atoms with van der Waals surface area (Å²) >= 11 is 0. The molecule has 3 aliphatic carbocycles. The van der Waals surface area contributed by atoms with Gasteiger partial charge in [-0.25, -0.2) is 4.79 Å². The van der Waals surface area contributed by atoms with Gasteiger partial charge in [0.25, 0.3) is 5.69 Å². The summed E-state index contributed by atoms with van der Waals surface area (Å²) in [6.45, 7) is 1.92. The van der Waals surface area contributed by atoms with Crippen LogP contribution in [0.4, 0.5) is 21.9 Å². The van der Waals surface area contributed by atoms with Crippen LogP contribution in [0, 0.1) is 40.7 Å². The Hall–Kier alpha value is -4.01. The van der Waals surface area contributed by atoms with Gasteiger partial charge in [-0.3, -0.25) is 24.6 Å². The van der Waals surface area contributed by atoms with Crippen molar-refractivity contribution in [3.63, 3.8) is 0 Å². The molecule has 2 bridgehead atoms. The number of non-ortho nitro benzene ring substituents is 1. The Morgan fingerprint density at radius 2 is 1.65 bits per heavy atom. The number of urea groups is 1. The molecule has 1 heterocycles. The van der Waals surface area contributed by atoms with E-state index in [1.54, 1.807) is 31.2 Å². The van der Waals surface area contributed by atoms with Crippen LogP contribution in [0.5, 0.6) is 0 Å². The van der Waals surface area contributed by atoms with Crippen LogP contribution in [0.2, 0.25) is 0 Å². The fourth-order valence-corrected chi connectivity index (χ4v) is 5.34. The summed E-state index contributed by atoms with van der Waals surface area (Å²) in [4.78, 5) is 50.1. The van der Waals surface area contributed by atoms with Gasteiger partial charge in [0, 0.05) is 24.4 Å². The number of imide groups is 1. The molecule has 4 unspecified atom stereocenters. The van der Waals surface area contributed by atoms with Gasteiger partial charge in [-0.05, 0) is 60.9 Å². The molecule has 0 radical (unpaired) electrons. The number of allylic oxidation sites excluding steroid dienone is 2. The van der Waals surface area contributed by atoms with Crippen molar-refractivity contribution in [2.75, 3.05) is 10.2 Å². The zero-order valence-corrected chi connectivity index (χ0v) is 18.6. The lowest BCUT2D eigenvalue weighted by molar-refractivity contribution is -0.384. The van der Waals surface area contributed by atoms with E-state index >= 15 is 0 Å². The molecule has 174 valence electrons. The summed E-state index contributed by atoms with van der Waals surface area (Å²) in [5.41, 5.74) is 2.38. The van der Waals surface area contributed by atoms with Crippen LogP contribution in [0.1, 0.15) is 24.0 Å². The van der Waals surface area contributed by atoms with E-state index in [9.17, 15) is 24.5 Å². The quantitative estimate of drug-likeness (QED) is 0.303. The van der Waals surface area contributed by atoms with E-state index in [-0.39, 0.29) is 47.7 Å². The highest BCUT2D eigenvalue weighted by atomic mass is 16.6. The van der Waals surface area contributed by atoms with Crippen molar-refractivity contribution in [2.24, 2.45) is 23.7 Å². The fraction of sp³-hybridized carbons (Fsp3) is 0.320. The second-order valence-corrected chi connectivity index (χ2v) is 9.08. The number of nitrogens with zero attached hydrogens (tertiary/aromatic N) is 2. The van der Waals surface area contributed by atoms with Crippen molar-refractivity contribution in [3.05, 3.63) is 75.9 Å². The van der Waals surface area contributed by atoms with Gasteiger partial charge in [0.15, 0.2) is 0 Å². The first kappa shape index (κ1) is 21.8. The third-order valence-electron chi connectivity index (χ3n) is 7.08. The molecule has 2 aromatic rings. The first-order valence-corrected chi connectivity index (χ1v) is 11.3. The Balaban J connectivity index is 1.21. The number of nitro groups is 1. The molecule has 2 N–H and O–H groups in total. The van der Waals surface area contributed by atoms with Crippen LogP contribution < -0.4 is 15.5 Å². The molecular formula is C25H24N4O5. The minimum absolute atomic E-state index is 0.0401. The number of fused-ring (bicyclic) bond motifs is 1. The molecule has 4 amide bonds. The van der Waals surface area contributed by atoms with Crippen LogP contribution in [0.3, 0.4) is 0 Å². The Labute approximate surface area is 196 Å². The monoisotopic (exact) mass is 460 g/mol. The van der Waals surface area contributed by atoms with E-state index in [0.717, 1.165) is 18.4 Å². The van der Waals surface area contributed by atoms with Crippen molar-refractivity contribution in [2.45, 2.75) is 26.3 Å². The molecule has 2 aromatic carbocycles. The summed E-state index contributed by atoms with van der Waals surface area (Å²) in [6, 6.07) is 10.8. The number of nitro benzene ring substituents is 1. The second-order valence-electron chi connectivity index (χ2n) is 9.08. The fourth-order valence-electron chi connectivity index (χ4n) is 5.34. The maximum absolute atomic E-state index is 13.1. The van der Waals surface area contributed by atoms with Gasteiger partial charge in [0.2, 0.25) is 11.8 Å². The van der Waals surface area contributed by atoms with Crippen molar-refractivity contribution < 1.29 is 19.3 Å². The maximum Gasteiger partial charge on any atom is 0.319 e. The number of hydrogen-bond donors (Lipinski definition) is 2. The number of carbonyl (C=O) groups is 3. The molecule has 1 saturated carbocycles. The Kier molecular flexibility index (Phi) is 5.39. The van der Waals surface area contributed by atoms with E-state index in [1.807, 2.05) is 0 Å². The predicted octanol–water partition coefficient (Wildman–Crippen LogP) is 3.93. The first-order chi connectivity index (χ1) is 16.3. The molecule has 4 aliphatic rings. The largest absolute Gasteiger partial charge is 0.334 e. The maximum atomic E-state index is 13.1. The summed E-state index contributed by atoms with van der Waals surface area (Å²) in [6.07, 6.45) is 6.12. The standard InChI is InChI=1S/C25H24N4O5/c1-14-12-19(29(33)34)10-11-20(14)27-25(32)26-13-15-2-8-18(9-3-15)28-23(30)21-16-4-5-17(7-6-16)22(21)24(28)31/h2-5,8-12,16-17,21-22H,6-7,13H2,1H3,(H2,26,27,32). The second kappa shape index (κ2) is 8.40. The van der Waals surface area contributed by atoms with Crippen LogP contribution in [0.15, 0.2) is 54.6 Å². The smallest absolute Gasteiger partial charge is 0.319 e. The molecule has 6 rings (SSSR count). The van der Waals surface area contributed by atoms with Gasteiger partial charge in [0.1, 0.15) is 0 Å². The number of aryl methyl sites for hydroxylation is 1. The van der Waals surface area contributed by atoms with Crippen molar-refractivity contribution in [3.8, 4) is 0 Å². The predicted molar refractivity (Wildman–Crippen MR) is 125 cm³/mol. The molecule has 34 heavy (non-hydrogen) atoms. The highest BCUT2D eigenvalue weighted by Gasteiger charge is 2.56. The molecule has 4 atom stereocenters. The Morgan fingerprint density at radius 3 is 2.18 bits per heavy atom. The summed E-state index contributed by atoms with van der Waals surface area (Å²) in [5.74, 6) is -0.417. The number of hydrogen-bond acceptors (Lipinski definition) is 5. The third kappa shape index (κ3) is 3.72. The van der Waals surface area contributed by atoms with Crippen molar-refractivity contribution in [1.82, 2.24) is 5.32 Å². The number of anilines is 2. The minimum Gasteiger partial charge on any atom is -0.334 e. The normalized spacial score (nSPS) is 24.8. The molecule has 1 aliphatic heterocycles. The van der Waals surface area contributed by atoms with Gasteiger partial charge in [-0.1, -0.05) is 24.3 Å². The van der Waals surface area contributed by atoms with Crippen LogP contribution in [-0.4, -0.2) is 22.8 Å². The summed E-state index contributed by atoms with van der Waals surface area (Å²) < 4.78 is 0. The van der Waals surface area contributed by atoms with Gasteiger partial charge >= 0.3 is 6.03 Å². The number of nitrogens with one attached hydrogen (secondary N) is 2. The Morgan fingerprint density at radius 1 is 1.03 bits per heavy atom. The Bertz CT molecular complexity index is 1190. The van der Waals surface area contributed by atoms with Gasteiger partial charge < -0.3 is 10.6 Å². The number of amides is 4. The van der Waals surface area contributed by atoms with E-state index in [4.69, 9.17) is 0 Å². The average molecular weight is 460 g/mol. The van der Waals surface area contributed by atoms with E-state index in [0.29, 0.717) is 16.9 Å². The first-order valence-electron chi connectivity index (χ1n) is 11.3. The van der Waals surface area contributed by atoms with Crippen molar-refractivity contribution >= 4 is 34.9 Å². The zero-order valence-electron chi connectivity index (χ0n) is 18.6. The van der Waals surface area contributed by atoms with Gasteiger partial charge in [-0.15, -0.1) is 0 Å². The number of benzene rings is 2. The molecule has 0 aromatic heterocycles. The number of carbonyl (C=O) groups excluding carboxylic acids is 3. The van der Waals surface area contributed by atoms with E-state index in [1.165, 1.54) is 23.1 Å². The number of rotatable bonds is 5.